The number of rotatable bonds is 7. The Bertz CT molecular complexity index is 1610. The first-order chi connectivity index (χ1) is 18.6. The van der Waals surface area contributed by atoms with Crippen LogP contribution >= 0.6 is 0 Å². The number of benzene rings is 3. The number of carbonyl (C=O) groups is 1. The summed E-state index contributed by atoms with van der Waals surface area (Å²) in [5, 5.41) is 9.01. The summed E-state index contributed by atoms with van der Waals surface area (Å²) in [5.41, 5.74) is 6.24. The molecule has 3 aromatic carbocycles. The van der Waals surface area contributed by atoms with Crippen molar-refractivity contribution in [2.75, 3.05) is 21.3 Å². The highest BCUT2D eigenvalue weighted by atomic mass is 16.5. The Labute approximate surface area is 220 Å². The molecule has 0 radical (unpaired) electrons. The van der Waals surface area contributed by atoms with Gasteiger partial charge in [0, 0.05) is 51.4 Å². The van der Waals surface area contributed by atoms with Crippen molar-refractivity contribution in [2.24, 2.45) is 0 Å². The summed E-state index contributed by atoms with van der Waals surface area (Å²) in [6.45, 7) is 0.256. The van der Waals surface area contributed by atoms with Crippen LogP contribution in [0.15, 0.2) is 66.9 Å². The molecule has 8 heteroatoms. The largest absolute Gasteiger partial charge is 0.496 e. The zero-order chi connectivity index (χ0) is 26.2. The number of H-pyrrole nitrogens is 2. The summed E-state index contributed by atoms with van der Waals surface area (Å²) >= 11 is 0. The van der Waals surface area contributed by atoms with Crippen LogP contribution < -0.4 is 24.8 Å². The highest BCUT2D eigenvalue weighted by Crippen LogP contribution is 2.38. The Morgan fingerprint density at radius 2 is 1.61 bits per heavy atom. The maximum Gasteiger partial charge on any atom is 0.237 e. The van der Waals surface area contributed by atoms with Crippen LogP contribution in [0.3, 0.4) is 0 Å². The van der Waals surface area contributed by atoms with Gasteiger partial charge in [0.25, 0.3) is 0 Å². The Morgan fingerprint density at radius 1 is 0.921 bits per heavy atom. The van der Waals surface area contributed by atoms with E-state index in [2.05, 4.69) is 44.9 Å². The lowest BCUT2D eigenvalue weighted by atomic mass is 9.90. The van der Waals surface area contributed by atoms with Crippen molar-refractivity contribution in [3.05, 3.63) is 89.2 Å². The molecular weight excluding hydrogens is 480 g/mol. The lowest BCUT2D eigenvalue weighted by molar-refractivity contribution is -0.123. The molecule has 0 aliphatic carbocycles. The van der Waals surface area contributed by atoms with E-state index in [0.717, 1.165) is 44.2 Å². The molecule has 0 fully saturated rings. The van der Waals surface area contributed by atoms with E-state index in [0.29, 0.717) is 23.7 Å². The number of methoxy groups -OCH3 is 3. The van der Waals surface area contributed by atoms with Crippen LogP contribution in [-0.4, -0.2) is 43.2 Å². The molecule has 6 rings (SSSR count). The minimum atomic E-state index is -0.435. The summed E-state index contributed by atoms with van der Waals surface area (Å²) in [5.74, 6) is 1.71. The van der Waals surface area contributed by atoms with E-state index in [9.17, 15) is 4.79 Å². The second-order valence-electron chi connectivity index (χ2n) is 9.44. The van der Waals surface area contributed by atoms with Gasteiger partial charge >= 0.3 is 0 Å². The number of ether oxygens (including phenoxy) is 3. The third-order valence-electron chi connectivity index (χ3n) is 7.42. The average molecular weight is 511 g/mol. The van der Waals surface area contributed by atoms with Crippen LogP contribution in [0.5, 0.6) is 17.2 Å². The summed E-state index contributed by atoms with van der Waals surface area (Å²) in [6, 6.07) is 19.4. The van der Waals surface area contributed by atoms with Gasteiger partial charge in [0.15, 0.2) is 0 Å². The third kappa shape index (κ3) is 4.03. The molecule has 1 amide bonds. The molecule has 8 nitrogen and oxygen atoms in total. The molecule has 1 aliphatic heterocycles. The van der Waals surface area contributed by atoms with E-state index in [1.807, 2.05) is 30.5 Å². The molecule has 0 saturated heterocycles. The first-order valence-electron chi connectivity index (χ1n) is 12.6. The van der Waals surface area contributed by atoms with Crippen molar-refractivity contribution in [1.29, 1.82) is 0 Å². The van der Waals surface area contributed by atoms with Crippen LogP contribution in [0.25, 0.3) is 21.8 Å². The number of carbonyl (C=O) groups excluding carboxylic acids is 1. The standard InChI is InChI=1S/C30H30N4O4/c1-36-17-12-26(37-2)22(27(13-17)38-3)16-32-30(35)25-14-20-18-8-5-7-11-24(18)33-28(20)29(34-25)21-15-31-23-10-6-4-9-19(21)23/h4-13,15,25,29,31,33-34H,14,16H2,1-3H3,(H,32,35)/t25-,29+/m1/s1. The quantitative estimate of drug-likeness (QED) is 0.257. The van der Waals surface area contributed by atoms with Crippen molar-refractivity contribution < 1.29 is 19.0 Å². The van der Waals surface area contributed by atoms with Gasteiger partial charge in [0.1, 0.15) is 17.2 Å². The van der Waals surface area contributed by atoms with Crippen LogP contribution in [0, 0.1) is 0 Å². The van der Waals surface area contributed by atoms with E-state index < -0.39 is 6.04 Å². The molecule has 194 valence electrons. The topological polar surface area (TPSA) is 100 Å². The van der Waals surface area contributed by atoms with Crippen molar-refractivity contribution in [3.63, 3.8) is 0 Å². The zero-order valence-corrected chi connectivity index (χ0v) is 21.6. The maximum absolute atomic E-state index is 13.6. The fraction of sp³-hybridized carbons (Fsp3) is 0.233. The predicted molar refractivity (Wildman–Crippen MR) is 147 cm³/mol. The number of hydrogen-bond donors (Lipinski definition) is 4. The zero-order valence-electron chi connectivity index (χ0n) is 21.6. The van der Waals surface area contributed by atoms with Gasteiger partial charge in [-0.15, -0.1) is 0 Å². The van der Waals surface area contributed by atoms with Crippen LogP contribution in [0.2, 0.25) is 0 Å². The van der Waals surface area contributed by atoms with Gasteiger partial charge in [0.05, 0.1) is 45.5 Å². The molecule has 0 bridgehead atoms. The first kappa shape index (κ1) is 23.9. The molecule has 4 N–H and O–H groups in total. The van der Waals surface area contributed by atoms with Crippen LogP contribution in [0.4, 0.5) is 0 Å². The van der Waals surface area contributed by atoms with Gasteiger partial charge < -0.3 is 29.5 Å². The molecule has 2 atom stereocenters. The van der Waals surface area contributed by atoms with E-state index in [1.165, 1.54) is 0 Å². The Hall–Kier alpha value is -4.43. The smallest absolute Gasteiger partial charge is 0.237 e. The first-order valence-corrected chi connectivity index (χ1v) is 12.6. The van der Waals surface area contributed by atoms with Crippen LogP contribution in [-0.2, 0) is 17.8 Å². The molecule has 0 saturated carbocycles. The average Bonchev–Trinajstić information content (AvgIpc) is 3.56. The lowest BCUT2D eigenvalue weighted by Crippen LogP contribution is -2.49. The van der Waals surface area contributed by atoms with Crippen molar-refractivity contribution >= 4 is 27.7 Å². The van der Waals surface area contributed by atoms with E-state index in [4.69, 9.17) is 14.2 Å². The van der Waals surface area contributed by atoms with Crippen molar-refractivity contribution in [1.82, 2.24) is 20.6 Å². The van der Waals surface area contributed by atoms with E-state index >= 15 is 0 Å². The Morgan fingerprint density at radius 3 is 2.32 bits per heavy atom. The minimum absolute atomic E-state index is 0.0919. The normalized spacial score (nSPS) is 16.8. The van der Waals surface area contributed by atoms with Crippen molar-refractivity contribution in [2.45, 2.75) is 25.0 Å². The highest BCUT2D eigenvalue weighted by Gasteiger charge is 2.35. The van der Waals surface area contributed by atoms with Gasteiger partial charge in [-0.2, -0.15) is 0 Å². The number of para-hydroxylation sites is 2. The summed E-state index contributed by atoms with van der Waals surface area (Å²) in [4.78, 5) is 20.6. The maximum atomic E-state index is 13.6. The molecular formula is C30H30N4O4. The van der Waals surface area contributed by atoms with Gasteiger partial charge in [0.2, 0.25) is 5.91 Å². The van der Waals surface area contributed by atoms with Crippen molar-refractivity contribution in [3.8, 4) is 17.2 Å². The number of amides is 1. The fourth-order valence-electron chi connectivity index (χ4n) is 5.53. The molecule has 2 aromatic heterocycles. The number of fused-ring (bicyclic) bond motifs is 4. The minimum Gasteiger partial charge on any atom is -0.496 e. The SMILES string of the molecule is COc1cc(OC)c(CNC(=O)[C@H]2Cc3c([nH]c4ccccc34)[C@H](c3c[nH]c4ccccc34)N2)c(OC)c1. The van der Waals surface area contributed by atoms with Gasteiger partial charge in [-0.05, 0) is 24.1 Å². The van der Waals surface area contributed by atoms with E-state index in [-0.39, 0.29) is 18.5 Å². The molecule has 0 spiro atoms. The fourth-order valence-corrected chi connectivity index (χ4v) is 5.53. The summed E-state index contributed by atoms with van der Waals surface area (Å²) in [7, 11) is 4.77. The summed E-state index contributed by atoms with van der Waals surface area (Å²) in [6.07, 6.45) is 2.60. The highest BCUT2D eigenvalue weighted by molar-refractivity contribution is 5.90. The molecule has 5 aromatic rings. The number of hydrogen-bond acceptors (Lipinski definition) is 5. The third-order valence-corrected chi connectivity index (χ3v) is 7.42. The number of aromatic amines is 2. The van der Waals surface area contributed by atoms with Crippen LogP contribution in [0.1, 0.15) is 28.4 Å². The number of aromatic nitrogens is 2. The second-order valence-corrected chi connectivity index (χ2v) is 9.44. The predicted octanol–water partition coefficient (Wildman–Crippen LogP) is 4.60. The monoisotopic (exact) mass is 510 g/mol. The van der Waals surface area contributed by atoms with Gasteiger partial charge in [-0.1, -0.05) is 36.4 Å². The molecule has 1 aliphatic rings. The lowest BCUT2D eigenvalue weighted by Gasteiger charge is -2.31. The van der Waals surface area contributed by atoms with E-state index in [1.54, 1.807) is 33.5 Å². The Balaban J connectivity index is 1.34. The molecule has 38 heavy (non-hydrogen) atoms. The summed E-state index contributed by atoms with van der Waals surface area (Å²) < 4.78 is 16.5. The second kappa shape index (κ2) is 9.79. The molecule has 3 heterocycles. The van der Waals surface area contributed by atoms with Gasteiger partial charge in [-0.25, -0.2) is 0 Å². The number of nitrogens with one attached hydrogen (secondary N) is 4. The molecule has 0 unspecified atom stereocenters. The Kier molecular flexibility index (Phi) is 6.17. The van der Waals surface area contributed by atoms with Gasteiger partial charge in [-0.3, -0.25) is 10.1 Å².